The number of halogens is 2. The molecule has 5 aromatic rings. The van der Waals surface area contributed by atoms with Crippen LogP contribution in [0.3, 0.4) is 0 Å². The average Bonchev–Trinajstić information content (AvgIpc) is 3.13. The molecule has 248 valence electrons. The van der Waals surface area contributed by atoms with E-state index in [0.29, 0.717) is 34.3 Å². The van der Waals surface area contributed by atoms with Gasteiger partial charge in [-0.3, -0.25) is 4.99 Å². The number of esters is 1. The Morgan fingerprint density at radius 1 is 0.918 bits per heavy atom. The zero-order chi connectivity index (χ0) is 34.0. The molecule has 0 bridgehead atoms. The van der Waals surface area contributed by atoms with Gasteiger partial charge in [-0.05, 0) is 41.7 Å². The van der Waals surface area contributed by atoms with Crippen LogP contribution in [0.4, 0.5) is 8.78 Å². The van der Waals surface area contributed by atoms with Crippen LogP contribution < -0.4 is 10.1 Å². The van der Waals surface area contributed by atoms with Crippen LogP contribution in [0.5, 0.6) is 5.88 Å². The second-order valence-corrected chi connectivity index (χ2v) is 13.2. The van der Waals surface area contributed by atoms with Gasteiger partial charge in [0.05, 0.1) is 24.8 Å². The van der Waals surface area contributed by atoms with Crippen LogP contribution in [-0.4, -0.2) is 35.6 Å². The minimum Gasteiger partial charge on any atom is -0.481 e. The van der Waals surface area contributed by atoms with Gasteiger partial charge in [0.1, 0.15) is 17.2 Å². The number of fused-ring (bicyclic) bond motifs is 2. The Morgan fingerprint density at radius 2 is 1.53 bits per heavy atom. The van der Waals surface area contributed by atoms with Gasteiger partial charge in [0.15, 0.2) is 5.17 Å². The highest BCUT2D eigenvalue weighted by atomic mass is 32.2. The Hall–Kier alpha value is -5.02. The smallest absolute Gasteiger partial charge is 0.339 e. The third-order valence-electron chi connectivity index (χ3n) is 9.55. The summed E-state index contributed by atoms with van der Waals surface area (Å²) in [6.07, 6.45) is 2.06. The van der Waals surface area contributed by atoms with E-state index in [2.05, 4.69) is 46.7 Å². The second-order valence-electron chi connectivity index (χ2n) is 12.2. The normalized spacial score (nSPS) is 18.4. The first-order chi connectivity index (χ1) is 23.9. The first-order valence-corrected chi connectivity index (χ1v) is 17.2. The Morgan fingerprint density at radius 3 is 2.08 bits per heavy atom. The molecular weight excluding hydrogens is 641 g/mol. The van der Waals surface area contributed by atoms with Gasteiger partial charge in [-0.2, -0.15) is 0 Å². The fourth-order valence-electron chi connectivity index (χ4n) is 7.32. The van der Waals surface area contributed by atoms with Crippen molar-refractivity contribution in [3.8, 4) is 5.88 Å². The number of hydrogen-bond acceptors (Lipinski definition) is 7. The monoisotopic (exact) mass is 675 g/mol. The molecule has 2 aliphatic rings. The van der Waals surface area contributed by atoms with Crippen molar-refractivity contribution in [2.45, 2.75) is 30.8 Å². The maximum absolute atomic E-state index is 16.1. The lowest BCUT2D eigenvalue weighted by atomic mass is 9.67. The zero-order valence-corrected chi connectivity index (χ0v) is 28.0. The number of carbonyl (C=O) groups excluding carboxylic acids is 1. The molecule has 2 atom stereocenters. The molecule has 1 aromatic heterocycles. The largest absolute Gasteiger partial charge is 0.481 e. The van der Waals surface area contributed by atoms with Crippen molar-refractivity contribution in [2.75, 3.05) is 19.5 Å². The molecule has 1 aliphatic carbocycles. The zero-order valence-electron chi connectivity index (χ0n) is 27.2. The molecule has 0 saturated carbocycles. The van der Waals surface area contributed by atoms with Gasteiger partial charge in [0.2, 0.25) is 5.88 Å². The molecule has 0 unspecified atom stereocenters. The molecule has 2 heterocycles. The van der Waals surface area contributed by atoms with Crippen LogP contribution in [0, 0.1) is 17.6 Å². The lowest BCUT2D eigenvalue weighted by Gasteiger charge is -2.47. The topological polar surface area (TPSA) is 72.8 Å². The summed E-state index contributed by atoms with van der Waals surface area (Å²) in [6.45, 7) is 1.97. The standard InChI is InChI=1S/C40H35F2N3O3S/c1-3-48-37(46)33-24-43-36(47-2)32-23-39(34-20-19-30(41)22-35(34)42)29(21-31(32)33)25-49-38(44-39)45-40(26-13-7-4-8-14-26,27-15-9-5-10-16-27)28-17-11-6-12-18-28/h4-20,22,24,29H,3,21,23,25H2,1-2H3,(H,44,45)/t29-,39-/m0/s1. The van der Waals surface area contributed by atoms with Crippen LogP contribution in [0.15, 0.2) is 120 Å². The van der Waals surface area contributed by atoms with Crippen molar-refractivity contribution >= 4 is 22.9 Å². The summed E-state index contributed by atoms with van der Waals surface area (Å²) in [4.78, 5) is 23.0. The maximum Gasteiger partial charge on any atom is 0.339 e. The molecule has 49 heavy (non-hydrogen) atoms. The third kappa shape index (κ3) is 5.76. The number of rotatable bonds is 8. The average molecular weight is 676 g/mol. The van der Waals surface area contributed by atoms with Crippen molar-refractivity contribution in [1.82, 2.24) is 10.3 Å². The van der Waals surface area contributed by atoms with Gasteiger partial charge in [-0.25, -0.2) is 18.6 Å². The molecule has 4 aromatic carbocycles. The van der Waals surface area contributed by atoms with E-state index in [0.717, 1.165) is 28.3 Å². The summed E-state index contributed by atoms with van der Waals surface area (Å²) in [5.41, 5.74) is 3.01. The molecule has 9 heteroatoms. The van der Waals surface area contributed by atoms with E-state index in [4.69, 9.17) is 14.5 Å². The number of aromatic nitrogens is 1. The molecule has 0 radical (unpaired) electrons. The summed E-state index contributed by atoms with van der Waals surface area (Å²) in [5, 5.41) is 4.48. The van der Waals surface area contributed by atoms with Crippen LogP contribution in [-0.2, 0) is 28.7 Å². The summed E-state index contributed by atoms with van der Waals surface area (Å²) >= 11 is 1.55. The number of amidine groups is 1. The fraction of sp³-hybridized carbons (Fsp3) is 0.225. The van der Waals surface area contributed by atoms with Crippen molar-refractivity contribution < 1.29 is 23.0 Å². The van der Waals surface area contributed by atoms with Crippen LogP contribution in [0.2, 0.25) is 0 Å². The van der Waals surface area contributed by atoms with Crippen LogP contribution in [0.1, 0.15) is 50.7 Å². The fourth-order valence-corrected chi connectivity index (χ4v) is 8.52. The predicted octanol–water partition coefficient (Wildman–Crippen LogP) is 7.84. The van der Waals surface area contributed by atoms with E-state index in [1.807, 2.05) is 54.6 Å². The summed E-state index contributed by atoms with van der Waals surface area (Å²) < 4.78 is 41.6. The van der Waals surface area contributed by atoms with E-state index in [9.17, 15) is 9.18 Å². The number of ether oxygens (including phenoxy) is 2. The summed E-state index contributed by atoms with van der Waals surface area (Å²) in [7, 11) is 1.52. The molecule has 6 nitrogen and oxygen atoms in total. The number of pyridine rings is 1. The molecule has 0 spiro atoms. The SMILES string of the molecule is CCOC(=O)c1cnc(OC)c2c1C[C@H]1CSC(NC(c3ccccc3)(c3ccccc3)c3ccccc3)=N[C@@]1(c1ccc(F)cc1F)C2. The number of aliphatic imine (C=N–C) groups is 1. The van der Waals surface area contributed by atoms with Gasteiger partial charge in [-0.1, -0.05) is 109 Å². The molecule has 1 aliphatic heterocycles. The maximum atomic E-state index is 16.1. The highest BCUT2D eigenvalue weighted by Crippen LogP contribution is 2.51. The number of thioether (sulfide) groups is 1. The van der Waals surface area contributed by atoms with Crippen LogP contribution >= 0.6 is 11.8 Å². The van der Waals surface area contributed by atoms with E-state index >= 15 is 4.39 Å². The van der Waals surface area contributed by atoms with Gasteiger partial charge < -0.3 is 14.8 Å². The molecule has 0 fully saturated rings. The quantitative estimate of drug-likeness (QED) is 0.134. The Labute approximate surface area is 288 Å². The molecular formula is C40H35F2N3O3S. The van der Waals surface area contributed by atoms with Crippen molar-refractivity contribution in [3.05, 3.63) is 166 Å². The van der Waals surface area contributed by atoms with Gasteiger partial charge in [0, 0.05) is 41.5 Å². The number of nitrogens with zero attached hydrogens (tertiary/aromatic N) is 2. The Bertz CT molecular complexity index is 1910. The van der Waals surface area contributed by atoms with Crippen molar-refractivity contribution in [2.24, 2.45) is 10.9 Å². The predicted molar refractivity (Wildman–Crippen MR) is 188 cm³/mol. The van der Waals surface area contributed by atoms with Crippen molar-refractivity contribution in [3.63, 3.8) is 0 Å². The minimum atomic E-state index is -1.17. The number of hydrogen-bond donors (Lipinski definition) is 1. The van der Waals surface area contributed by atoms with E-state index in [-0.39, 0.29) is 24.5 Å². The van der Waals surface area contributed by atoms with Gasteiger partial charge >= 0.3 is 5.97 Å². The first-order valence-electron chi connectivity index (χ1n) is 16.2. The van der Waals surface area contributed by atoms with Gasteiger partial charge in [0.25, 0.3) is 0 Å². The number of benzene rings is 4. The minimum absolute atomic E-state index is 0.180. The van der Waals surface area contributed by atoms with E-state index < -0.39 is 28.7 Å². The third-order valence-corrected chi connectivity index (χ3v) is 10.6. The highest BCUT2D eigenvalue weighted by molar-refractivity contribution is 8.13. The molecule has 7 rings (SSSR count). The van der Waals surface area contributed by atoms with Crippen LogP contribution in [0.25, 0.3) is 0 Å². The number of nitrogens with one attached hydrogen (secondary N) is 1. The molecule has 1 N–H and O–H groups in total. The van der Waals surface area contributed by atoms with Crippen molar-refractivity contribution in [1.29, 1.82) is 0 Å². The first kappa shape index (κ1) is 32.5. The lowest BCUT2D eigenvalue weighted by Crippen LogP contribution is -2.52. The Balaban J connectivity index is 1.45. The van der Waals surface area contributed by atoms with E-state index in [1.165, 1.54) is 25.4 Å². The number of carbonyl (C=O) groups is 1. The molecule has 0 saturated heterocycles. The summed E-state index contributed by atoms with van der Waals surface area (Å²) in [5.74, 6) is -1.20. The highest BCUT2D eigenvalue weighted by Gasteiger charge is 2.51. The second kappa shape index (κ2) is 13.5. The van der Waals surface area contributed by atoms with E-state index in [1.54, 1.807) is 18.7 Å². The van der Waals surface area contributed by atoms with Gasteiger partial charge in [-0.15, -0.1) is 0 Å². The Kier molecular flexibility index (Phi) is 8.94. The lowest BCUT2D eigenvalue weighted by molar-refractivity contribution is 0.0523. The molecule has 0 amide bonds. The summed E-state index contributed by atoms with van der Waals surface area (Å²) in [6, 6.07) is 34.2. The number of methoxy groups -OCH3 is 1.